The first-order valence-electron chi connectivity index (χ1n) is 10.7. The predicted octanol–water partition coefficient (Wildman–Crippen LogP) is 3.56. The Bertz CT molecular complexity index is 1230. The summed E-state index contributed by atoms with van der Waals surface area (Å²) >= 11 is 0. The molecule has 4 rings (SSSR count). The molecule has 8 heteroatoms. The van der Waals surface area contributed by atoms with Crippen molar-refractivity contribution in [2.75, 3.05) is 23.5 Å². The maximum absolute atomic E-state index is 12.8. The lowest BCUT2D eigenvalue weighted by atomic mass is 10.1. The predicted molar refractivity (Wildman–Crippen MR) is 128 cm³/mol. The number of nitrogens with zero attached hydrogens (tertiary/aromatic N) is 1. The van der Waals surface area contributed by atoms with Crippen LogP contribution < -0.4 is 25.2 Å². The van der Waals surface area contributed by atoms with Gasteiger partial charge in [0.1, 0.15) is 5.57 Å². The first kappa shape index (κ1) is 22.6. The van der Waals surface area contributed by atoms with Crippen molar-refractivity contribution < 1.29 is 23.9 Å². The summed E-state index contributed by atoms with van der Waals surface area (Å²) in [6, 6.07) is 22.9. The van der Waals surface area contributed by atoms with E-state index < -0.39 is 11.8 Å². The van der Waals surface area contributed by atoms with E-state index in [9.17, 15) is 14.4 Å². The summed E-state index contributed by atoms with van der Waals surface area (Å²) in [4.78, 5) is 37.4. The van der Waals surface area contributed by atoms with Gasteiger partial charge in [-0.15, -0.1) is 0 Å². The highest BCUT2D eigenvalue weighted by molar-refractivity contribution is 6.31. The number of anilines is 2. The molecule has 0 unspecified atom stereocenters. The Morgan fingerprint density at radius 2 is 1.65 bits per heavy atom. The van der Waals surface area contributed by atoms with E-state index in [1.807, 2.05) is 31.2 Å². The Hall–Kier alpha value is -4.59. The Labute approximate surface area is 196 Å². The Morgan fingerprint density at radius 1 is 0.941 bits per heavy atom. The number of hydrogen-bond acceptors (Lipinski definition) is 5. The average Bonchev–Trinajstić information content (AvgIpc) is 3.13. The zero-order valence-corrected chi connectivity index (χ0v) is 18.5. The van der Waals surface area contributed by atoms with Crippen LogP contribution in [0.4, 0.5) is 11.4 Å². The molecule has 8 nitrogen and oxygen atoms in total. The third-order valence-electron chi connectivity index (χ3n) is 4.90. The minimum absolute atomic E-state index is 0.00205. The number of para-hydroxylation sites is 2. The van der Waals surface area contributed by atoms with Crippen LogP contribution in [0.5, 0.6) is 11.5 Å². The molecule has 2 N–H and O–H groups in total. The van der Waals surface area contributed by atoms with Gasteiger partial charge in [0.15, 0.2) is 18.1 Å². The Morgan fingerprint density at radius 3 is 2.35 bits per heavy atom. The van der Waals surface area contributed by atoms with E-state index >= 15 is 0 Å². The SMILES string of the molecule is CCOc1cc(/C=C2/C(=O)NN(c3ccccc3)C2=O)ccc1OCC(=O)Nc1ccccc1. The van der Waals surface area contributed by atoms with Gasteiger partial charge in [-0.25, -0.2) is 5.01 Å². The standard InChI is InChI=1S/C26H23N3O5/c1-2-33-23-16-18(13-14-22(23)34-17-24(30)27-19-9-5-3-6-10-19)15-21-25(31)28-29(26(21)32)20-11-7-4-8-12-20/h3-16H,2,17H2,1H3,(H,27,30)(H,28,31)/b21-15-. The largest absolute Gasteiger partial charge is 0.490 e. The fraction of sp³-hybridized carbons (Fsp3) is 0.115. The molecule has 0 aliphatic carbocycles. The minimum atomic E-state index is -0.496. The van der Waals surface area contributed by atoms with E-state index in [0.29, 0.717) is 35.0 Å². The van der Waals surface area contributed by atoms with E-state index in [-0.39, 0.29) is 18.1 Å². The number of ether oxygens (including phenoxy) is 2. The van der Waals surface area contributed by atoms with Gasteiger partial charge in [-0.3, -0.25) is 19.8 Å². The second kappa shape index (κ2) is 10.4. The van der Waals surface area contributed by atoms with Crippen LogP contribution in [0.2, 0.25) is 0 Å². The number of amides is 3. The molecule has 1 aliphatic rings. The third kappa shape index (κ3) is 5.24. The molecule has 172 valence electrons. The summed E-state index contributed by atoms with van der Waals surface area (Å²) in [5, 5.41) is 3.96. The molecule has 1 heterocycles. The first-order valence-corrected chi connectivity index (χ1v) is 10.7. The molecule has 0 radical (unpaired) electrons. The molecule has 0 saturated carbocycles. The maximum atomic E-state index is 12.8. The Balaban J connectivity index is 1.48. The molecule has 3 aromatic rings. The number of carbonyl (C=O) groups is 3. The van der Waals surface area contributed by atoms with Crippen molar-refractivity contribution in [1.29, 1.82) is 0 Å². The van der Waals surface area contributed by atoms with Crippen LogP contribution in [0.3, 0.4) is 0 Å². The van der Waals surface area contributed by atoms with Crippen LogP contribution in [-0.4, -0.2) is 30.9 Å². The normalized spacial score (nSPS) is 14.1. The van der Waals surface area contributed by atoms with Crippen molar-refractivity contribution in [2.24, 2.45) is 0 Å². The van der Waals surface area contributed by atoms with Crippen LogP contribution in [0.25, 0.3) is 6.08 Å². The second-order valence-corrected chi connectivity index (χ2v) is 7.32. The zero-order chi connectivity index (χ0) is 23.9. The number of benzene rings is 3. The third-order valence-corrected chi connectivity index (χ3v) is 4.90. The molecule has 0 bridgehead atoms. The van der Waals surface area contributed by atoms with Gasteiger partial charge in [0.05, 0.1) is 12.3 Å². The van der Waals surface area contributed by atoms with Crippen LogP contribution in [0.15, 0.2) is 84.4 Å². The number of rotatable bonds is 8. The molecule has 0 aromatic heterocycles. The van der Waals surface area contributed by atoms with E-state index in [4.69, 9.17) is 9.47 Å². The van der Waals surface area contributed by atoms with E-state index in [1.165, 1.54) is 11.1 Å². The maximum Gasteiger partial charge on any atom is 0.282 e. The van der Waals surface area contributed by atoms with E-state index in [2.05, 4.69) is 10.7 Å². The van der Waals surface area contributed by atoms with Gasteiger partial charge in [0.2, 0.25) is 0 Å². The molecular formula is C26H23N3O5. The van der Waals surface area contributed by atoms with Crippen LogP contribution >= 0.6 is 0 Å². The summed E-state index contributed by atoms with van der Waals surface area (Å²) in [5.41, 5.74) is 4.39. The van der Waals surface area contributed by atoms with Crippen molar-refractivity contribution >= 4 is 35.2 Å². The Kier molecular flexibility index (Phi) is 6.88. The van der Waals surface area contributed by atoms with Crippen LogP contribution in [0.1, 0.15) is 12.5 Å². The first-order chi connectivity index (χ1) is 16.5. The average molecular weight is 457 g/mol. The molecule has 0 spiro atoms. The van der Waals surface area contributed by atoms with Crippen molar-refractivity contribution in [1.82, 2.24) is 5.43 Å². The highest BCUT2D eigenvalue weighted by Gasteiger charge is 2.34. The lowest BCUT2D eigenvalue weighted by Crippen LogP contribution is -2.35. The summed E-state index contributed by atoms with van der Waals surface area (Å²) in [6.07, 6.45) is 1.50. The monoisotopic (exact) mass is 457 g/mol. The fourth-order valence-corrected chi connectivity index (χ4v) is 3.35. The molecule has 1 fully saturated rings. The van der Waals surface area contributed by atoms with Crippen molar-refractivity contribution in [3.05, 3.63) is 90.0 Å². The van der Waals surface area contributed by atoms with Gasteiger partial charge in [0, 0.05) is 5.69 Å². The zero-order valence-electron chi connectivity index (χ0n) is 18.5. The number of nitrogens with one attached hydrogen (secondary N) is 2. The van der Waals surface area contributed by atoms with Crippen molar-refractivity contribution in [3.8, 4) is 11.5 Å². The van der Waals surface area contributed by atoms with E-state index in [1.54, 1.807) is 54.6 Å². The van der Waals surface area contributed by atoms with Crippen molar-refractivity contribution in [2.45, 2.75) is 6.92 Å². The second-order valence-electron chi connectivity index (χ2n) is 7.32. The fourth-order valence-electron chi connectivity index (χ4n) is 3.35. The number of hydrazine groups is 1. The minimum Gasteiger partial charge on any atom is -0.490 e. The van der Waals surface area contributed by atoms with Crippen LogP contribution in [-0.2, 0) is 14.4 Å². The van der Waals surface area contributed by atoms with Crippen molar-refractivity contribution in [3.63, 3.8) is 0 Å². The topological polar surface area (TPSA) is 97.0 Å². The lowest BCUT2D eigenvalue weighted by Gasteiger charge is -2.14. The lowest BCUT2D eigenvalue weighted by molar-refractivity contribution is -0.118. The van der Waals surface area contributed by atoms with Gasteiger partial charge in [-0.1, -0.05) is 42.5 Å². The van der Waals surface area contributed by atoms with Gasteiger partial charge in [-0.2, -0.15) is 0 Å². The molecule has 3 aromatic carbocycles. The summed E-state index contributed by atoms with van der Waals surface area (Å²) < 4.78 is 11.3. The van der Waals surface area contributed by atoms with Gasteiger partial charge in [0.25, 0.3) is 17.7 Å². The highest BCUT2D eigenvalue weighted by Crippen LogP contribution is 2.30. The summed E-state index contributed by atoms with van der Waals surface area (Å²) in [7, 11) is 0. The smallest absolute Gasteiger partial charge is 0.282 e. The van der Waals surface area contributed by atoms with E-state index in [0.717, 1.165) is 0 Å². The highest BCUT2D eigenvalue weighted by atomic mass is 16.5. The molecule has 0 atom stereocenters. The summed E-state index contributed by atoms with van der Waals surface area (Å²) in [5.74, 6) is -0.485. The van der Waals surface area contributed by atoms with Gasteiger partial charge < -0.3 is 14.8 Å². The number of hydrogen-bond donors (Lipinski definition) is 2. The molecule has 34 heavy (non-hydrogen) atoms. The van der Waals surface area contributed by atoms with Gasteiger partial charge in [-0.05, 0) is 55.0 Å². The molecule has 3 amide bonds. The van der Waals surface area contributed by atoms with Gasteiger partial charge >= 0.3 is 0 Å². The molecule has 1 aliphatic heterocycles. The summed E-state index contributed by atoms with van der Waals surface area (Å²) in [6.45, 7) is 1.98. The molecule has 1 saturated heterocycles. The quantitative estimate of drug-likeness (QED) is 0.398. The van der Waals surface area contributed by atoms with Crippen LogP contribution in [0, 0.1) is 0 Å². The number of carbonyl (C=O) groups excluding carboxylic acids is 3. The molecular weight excluding hydrogens is 434 g/mol.